The van der Waals surface area contributed by atoms with Gasteiger partial charge in [-0.3, -0.25) is 0 Å². The molecule has 1 unspecified atom stereocenters. The maximum absolute atomic E-state index is 2.98. The zero-order valence-electron chi connectivity index (χ0n) is 4.65. The van der Waals surface area contributed by atoms with Crippen molar-refractivity contribution in [2.45, 2.75) is 13.8 Å². The van der Waals surface area contributed by atoms with Gasteiger partial charge < -0.3 is 0 Å². The lowest BCUT2D eigenvalue weighted by Gasteiger charge is -1.71. The lowest BCUT2D eigenvalue weighted by atomic mass is 10.3. The summed E-state index contributed by atoms with van der Waals surface area (Å²) in [5, 5.41) is 0. The smallest absolute Gasteiger partial charge is 0.00787 e. The molecule has 0 amide bonds. The molecule has 0 aromatic rings. The quantitative estimate of drug-likeness (QED) is 0.398. The summed E-state index contributed by atoms with van der Waals surface area (Å²) in [6.45, 7) is 4.02. The van der Waals surface area contributed by atoms with Gasteiger partial charge in [0.1, 0.15) is 0 Å². The van der Waals surface area contributed by atoms with Crippen LogP contribution >= 0.6 is 0 Å². The molecular weight excluding hydrogens is 84.1 g/mol. The summed E-state index contributed by atoms with van der Waals surface area (Å²) in [5.74, 6) is 6.51. The van der Waals surface area contributed by atoms with Crippen LogP contribution in [0.15, 0.2) is 11.6 Å². The van der Waals surface area contributed by atoms with Crippen LogP contribution < -0.4 is 0 Å². The van der Waals surface area contributed by atoms with Gasteiger partial charge in [-0.15, -0.1) is 5.92 Å². The normalized spacial score (nSPS) is 24.9. The summed E-state index contributed by atoms with van der Waals surface area (Å²) in [5.41, 5.74) is 1.31. The van der Waals surface area contributed by atoms with Crippen molar-refractivity contribution in [1.82, 2.24) is 0 Å². The number of rotatable bonds is 0. The van der Waals surface area contributed by atoms with E-state index in [0.29, 0.717) is 5.92 Å². The van der Waals surface area contributed by atoms with E-state index in [4.69, 9.17) is 0 Å². The topological polar surface area (TPSA) is 0 Å². The van der Waals surface area contributed by atoms with E-state index in [1.165, 1.54) is 5.57 Å². The van der Waals surface area contributed by atoms with Crippen LogP contribution in [0.3, 0.4) is 0 Å². The van der Waals surface area contributed by atoms with Gasteiger partial charge in [0.2, 0.25) is 0 Å². The van der Waals surface area contributed by atoms with Crippen LogP contribution in [0.4, 0.5) is 0 Å². The van der Waals surface area contributed by atoms with Crippen LogP contribution in [0.5, 0.6) is 0 Å². The molecule has 0 fully saturated rings. The number of allylic oxidation sites excluding steroid dienone is 2. The first-order valence-corrected chi connectivity index (χ1v) is 2.49. The Bertz CT molecular complexity index is 153. The Hall–Kier alpha value is -0.700. The Labute approximate surface area is 44.2 Å². The average Bonchev–Trinajstić information content (AvgIpc) is 2.22. The summed E-state index contributed by atoms with van der Waals surface area (Å²) in [4.78, 5) is 0. The van der Waals surface area contributed by atoms with Crippen molar-refractivity contribution in [1.29, 1.82) is 0 Å². The molecule has 7 heavy (non-hydrogen) atoms. The van der Waals surface area contributed by atoms with Crippen molar-refractivity contribution >= 4 is 0 Å². The SMILES string of the molecule is CC#CC1=CC1C. The fraction of sp³-hybridized carbons (Fsp3) is 0.429. The molecule has 0 nitrogen and oxygen atoms in total. The molecule has 0 heterocycles. The van der Waals surface area contributed by atoms with E-state index < -0.39 is 0 Å². The average molecular weight is 92.1 g/mol. The van der Waals surface area contributed by atoms with Gasteiger partial charge >= 0.3 is 0 Å². The highest BCUT2D eigenvalue weighted by Gasteiger charge is 2.15. The molecule has 1 aliphatic rings. The molecule has 0 heteroatoms. The summed E-state index contributed by atoms with van der Waals surface area (Å²) in [6.07, 6.45) is 2.16. The second-order valence-corrected chi connectivity index (χ2v) is 1.79. The molecule has 1 atom stereocenters. The molecule has 0 aromatic heterocycles. The van der Waals surface area contributed by atoms with Gasteiger partial charge in [-0.2, -0.15) is 0 Å². The number of hydrogen-bond donors (Lipinski definition) is 0. The third kappa shape index (κ3) is 0.838. The summed E-state index contributed by atoms with van der Waals surface area (Å²) >= 11 is 0. The van der Waals surface area contributed by atoms with Crippen LogP contribution in [0.25, 0.3) is 0 Å². The lowest BCUT2D eigenvalue weighted by molar-refractivity contribution is 1.06. The third-order valence-electron chi connectivity index (χ3n) is 1.08. The van der Waals surface area contributed by atoms with E-state index in [1.54, 1.807) is 0 Å². The first-order valence-electron chi connectivity index (χ1n) is 2.49. The highest BCUT2D eigenvalue weighted by Crippen LogP contribution is 2.25. The van der Waals surface area contributed by atoms with E-state index in [0.717, 1.165) is 0 Å². The third-order valence-corrected chi connectivity index (χ3v) is 1.08. The van der Waals surface area contributed by atoms with Gasteiger partial charge in [0.25, 0.3) is 0 Å². The fourth-order valence-electron chi connectivity index (χ4n) is 0.521. The van der Waals surface area contributed by atoms with Gasteiger partial charge in [-0.05, 0) is 6.92 Å². The standard InChI is InChI=1S/C7H8/c1-3-4-7-5-6(7)2/h5-6H,1-2H3. The van der Waals surface area contributed by atoms with Gasteiger partial charge in [-0.25, -0.2) is 0 Å². The molecule has 0 aromatic carbocycles. The van der Waals surface area contributed by atoms with Crippen molar-refractivity contribution in [3.63, 3.8) is 0 Å². The molecule has 1 rings (SSSR count). The Morgan fingerprint density at radius 1 is 1.71 bits per heavy atom. The van der Waals surface area contributed by atoms with Gasteiger partial charge in [0.05, 0.1) is 0 Å². The zero-order chi connectivity index (χ0) is 5.28. The van der Waals surface area contributed by atoms with E-state index in [-0.39, 0.29) is 0 Å². The van der Waals surface area contributed by atoms with Crippen LogP contribution in [0, 0.1) is 17.8 Å². The van der Waals surface area contributed by atoms with Crippen molar-refractivity contribution in [2.24, 2.45) is 5.92 Å². The van der Waals surface area contributed by atoms with E-state index in [9.17, 15) is 0 Å². The van der Waals surface area contributed by atoms with Crippen molar-refractivity contribution in [3.05, 3.63) is 11.6 Å². The van der Waals surface area contributed by atoms with Gasteiger partial charge in [-0.1, -0.05) is 18.9 Å². The van der Waals surface area contributed by atoms with Crippen molar-refractivity contribution in [3.8, 4) is 11.8 Å². The molecule has 0 spiro atoms. The second-order valence-electron chi connectivity index (χ2n) is 1.79. The molecule has 1 aliphatic carbocycles. The Kier molecular flexibility index (Phi) is 0.906. The lowest BCUT2D eigenvalue weighted by Crippen LogP contribution is -1.62. The summed E-state index contributed by atoms with van der Waals surface area (Å²) in [6, 6.07) is 0. The first kappa shape index (κ1) is 4.46. The molecule has 36 valence electrons. The molecule has 0 N–H and O–H groups in total. The van der Waals surface area contributed by atoms with Crippen LogP contribution in [-0.4, -0.2) is 0 Å². The maximum Gasteiger partial charge on any atom is 0.00787 e. The zero-order valence-corrected chi connectivity index (χ0v) is 4.65. The summed E-state index contributed by atoms with van der Waals surface area (Å²) in [7, 11) is 0. The largest absolute Gasteiger partial charge is 0.102 e. The highest BCUT2D eigenvalue weighted by molar-refractivity contribution is 5.44. The van der Waals surface area contributed by atoms with Crippen LogP contribution in [-0.2, 0) is 0 Å². The maximum atomic E-state index is 2.98. The molecule has 0 radical (unpaired) electrons. The Morgan fingerprint density at radius 2 is 2.29 bits per heavy atom. The molecule has 0 saturated heterocycles. The fourth-order valence-corrected chi connectivity index (χ4v) is 0.521. The Balaban J connectivity index is 2.43. The van der Waals surface area contributed by atoms with Crippen LogP contribution in [0.1, 0.15) is 13.8 Å². The highest BCUT2D eigenvalue weighted by atomic mass is 14.2. The van der Waals surface area contributed by atoms with Crippen molar-refractivity contribution < 1.29 is 0 Å². The van der Waals surface area contributed by atoms with Crippen LogP contribution in [0.2, 0.25) is 0 Å². The monoisotopic (exact) mass is 92.1 g/mol. The molecule has 0 aliphatic heterocycles. The van der Waals surface area contributed by atoms with E-state index >= 15 is 0 Å². The minimum absolute atomic E-state index is 0.687. The number of hydrogen-bond acceptors (Lipinski definition) is 0. The molecular formula is C7H8. The molecule has 0 saturated carbocycles. The Morgan fingerprint density at radius 3 is 2.43 bits per heavy atom. The molecule has 0 bridgehead atoms. The first-order chi connectivity index (χ1) is 3.34. The minimum Gasteiger partial charge on any atom is -0.102 e. The van der Waals surface area contributed by atoms with E-state index in [1.807, 2.05) is 6.92 Å². The van der Waals surface area contributed by atoms with Crippen molar-refractivity contribution in [2.75, 3.05) is 0 Å². The predicted octanol–water partition coefficient (Wildman–Crippen LogP) is 1.59. The predicted molar refractivity (Wildman–Crippen MR) is 30.7 cm³/mol. The van der Waals surface area contributed by atoms with Gasteiger partial charge in [0.15, 0.2) is 0 Å². The minimum atomic E-state index is 0.687. The van der Waals surface area contributed by atoms with Gasteiger partial charge in [0, 0.05) is 11.5 Å². The second kappa shape index (κ2) is 1.42. The summed E-state index contributed by atoms with van der Waals surface area (Å²) < 4.78 is 0. The van der Waals surface area contributed by atoms with E-state index in [2.05, 4.69) is 24.8 Å².